The zero-order chi connectivity index (χ0) is 15.3. The molecule has 3 nitrogen and oxygen atoms in total. The summed E-state index contributed by atoms with van der Waals surface area (Å²) in [7, 11) is -1.79. The summed E-state index contributed by atoms with van der Waals surface area (Å²) < 4.78 is 17.6. The van der Waals surface area contributed by atoms with Crippen LogP contribution in [0.4, 0.5) is 0 Å². The van der Waals surface area contributed by atoms with Gasteiger partial charge in [-0.15, -0.1) is 0 Å². The highest BCUT2D eigenvalue weighted by Gasteiger charge is 2.28. The monoisotopic (exact) mass is 308 g/mol. The Morgan fingerprint density at radius 2 is 1.25 bits per heavy atom. The third-order valence-electron chi connectivity index (χ3n) is 3.18. The summed E-state index contributed by atoms with van der Waals surface area (Å²) in [6.45, 7) is 12.5. The van der Waals surface area contributed by atoms with Crippen molar-refractivity contribution in [3.8, 4) is 0 Å². The predicted octanol–water partition coefficient (Wildman–Crippen LogP) is 5.64. The normalized spacial score (nSPS) is 14.4. The first-order chi connectivity index (χ1) is 9.64. The molecule has 0 saturated heterocycles. The molecule has 0 amide bonds. The van der Waals surface area contributed by atoms with Crippen LogP contribution < -0.4 is 0 Å². The molecule has 1 unspecified atom stereocenters. The second-order valence-electron chi connectivity index (χ2n) is 5.25. The van der Waals surface area contributed by atoms with Gasteiger partial charge in [0.15, 0.2) is 0 Å². The van der Waals surface area contributed by atoms with E-state index in [0.717, 1.165) is 5.75 Å². The van der Waals surface area contributed by atoms with E-state index < -0.39 is 10.9 Å². The fourth-order valence-corrected chi connectivity index (χ4v) is 4.75. The SMILES string of the molecule is CCCCCCCC(C)CS(OCC)(OCC)OCC. The first-order valence-electron chi connectivity index (χ1n) is 8.38. The van der Waals surface area contributed by atoms with Crippen LogP contribution in [-0.4, -0.2) is 25.6 Å². The first-order valence-corrected chi connectivity index (χ1v) is 9.95. The quantitative estimate of drug-likeness (QED) is 0.388. The fourth-order valence-electron chi connectivity index (χ4n) is 2.31. The van der Waals surface area contributed by atoms with E-state index in [-0.39, 0.29) is 0 Å². The van der Waals surface area contributed by atoms with Crippen molar-refractivity contribution in [1.82, 2.24) is 0 Å². The van der Waals surface area contributed by atoms with E-state index in [1.54, 1.807) is 0 Å². The van der Waals surface area contributed by atoms with Gasteiger partial charge in [-0.1, -0.05) is 46.0 Å². The summed E-state index contributed by atoms with van der Waals surface area (Å²) in [5.41, 5.74) is 0. The minimum Gasteiger partial charge on any atom is -0.293 e. The van der Waals surface area contributed by atoms with E-state index >= 15 is 0 Å². The Bertz CT molecular complexity index is 195. The maximum atomic E-state index is 5.86. The molecule has 0 aromatic heterocycles. The minimum atomic E-state index is -1.79. The first kappa shape index (κ1) is 20.2. The standard InChI is InChI=1S/C16H36O3S/c1-6-10-11-12-13-14-16(5)15-20(17-7-2,18-8-3)19-9-4/h16H,6-15H2,1-5H3. The van der Waals surface area contributed by atoms with Crippen LogP contribution in [0.3, 0.4) is 0 Å². The molecule has 0 fully saturated rings. The van der Waals surface area contributed by atoms with Crippen molar-refractivity contribution in [2.24, 2.45) is 5.92 Å². The zero-order valence-corrected chi connectivity index (χ0v) is 15.1. The van der Waals surface area contributed by atoms with Crippen LogP contribution in [0.5, 0.6) is 0 Å². The van der Waals surface area contributed by atoms with Gasteiger partial charge < -0.3 is 0 Å². The Balaban J connectivity index is 4.18. The van der Waals surface area contributed by atoms with Crippen molar-refractivity contribution in [2.75, 3.05) is 25.6 Å². The van der Waals surface area contributed by atoms with Gasteiger partial charge in [0.25, 0.3) is 0 Å². The molecular formula is C16H36O3S. The van der Waals surface area contributed by atoms with Gasteiger partial charge >= 0.3 is 0 Å². The molecule has 0 bridgehead atoms. The maximum Gasteiger partial charge on any atom is 0.0889 e. The molecule has 4 heteroatoms. The van der Waals surface area contributed by atoms with E-state index in [0.29, 0.717) is 25.7 Å². The van der Waals surface area contributed by atoms with Gasteiger partial charge in [-0.05, 0) is 33.1 Å². The topological polar surface area (TPSA) is 27.7 Å². The maximum absolute atomic E-state index is 5.86. The number of hydrogen-bond donors (Lipinski definition) is 0. The summed E-state index contributed by atoms with van der Waals surface area (Å²) in [4.78, 5) is 0. The molecule has 0 radical (unpaired) electrons. The van der Waals surface area contributed by atoms with Crippen molar-refractivity contribution in [1.29, 1.82) is 0 Å². The molecule has 0 aromatic rings. The van der Waals surface area contributed by atoms with Gasteiger partial charge in [-0.25, -0.2) is 0 Å². The van der Waals surface area contributed by atoms with Crippen LogP contribution in [0.25, 0.3) is 0 Å². The lowest BCUT2D eigenvalue weighted by Crippen LogP contribution is -2.20. The van der Waals surface area contributed by atoms with Gasteiger partial charge in [0.05, 0.1) is 30.7 Å². The van der Waals surface area contributed by atoms with E-state index in [2.05, 4.69) is 13.8 Å². The molecule has 0 N–H and O–H groups in total. The van der Waals surface area contributed by atoms with E-state index in [1.807, 2.05) is 20.8 Å². The second kappa shape index (κ2) is 12.9. The van der Waals surface area contributed by atoms with Gasteiger partial charge in [-0.2, -0.15) is 0 Å². The van der Waals surface area contributed by atoms with Crippen molar-refractivity contribution < 1.29 is 12.5 Å². The summed E-state index contributed by atoms with van der Waals surface area (Å²) >= 11 is 0. The van der Waals surface area contributed by atoms with Crippen molar-refractivity contribution >= 4 is 10.9 Å². The Hall–Kier alpha value is 0.230. The molecule has 1 atom stereocenters. The van der Waals surface area contributed by atoms with Gasteiger partial charge in [0, 0.05) is 5.75 Å². The van der Waals surface area contributed by atoms with Gasteiger partial charge in [-0.3, -0.25) is 12.5 Å². The van der Waals surface area contributed by atoms with Crippen LogP contribution in [-0.2, 0) is 12.5 Å². The largest absolute Gasteiger partial charge is 0.293 e. The van der Waals surface area contributed by atoms with Crippen LogP contribution in [0, 0.1) is 5.92 Å². The average molecular weight is 309 g/mol. The molecule has 124 valence electrons. The van der Waals surface area contributed by atoms with Crippen molar-refractivity contribution in [2.45, 2.75) is 73.1 Å². The van der Waals surface area contributed by atoms with E-state index in [4.69, 9.17) is 12.5 Å². The number of hydrogen-bond acceptors (Lipinski definition) is 3. The van der Waals surface area contributed by atoms with Crippen molar-refractivity contribution in [3.05, 3.63) is 0 Å². The fraction of sp³-hybridized carbons (Fsp3) is 1.00. The second-order valence-corrected chi connectivity index (χ2v) is 7.41. The Morgan fingerprint density at radius 3 is 1.70 bits per heavy atom. The molecule has 0 rings (SSSR count). The molecule has 0 saturated carbocycles. The Kier molecular flexibility index (Phi) is 13.1. The van der Waals surface area contributed by atoms with Gasteiger partial charge in [0.2, 0.25) is 0 Å². The van der Waals surface area contributed by atoms with Crippen LogP contribution in [0.15, 0.2) is 0 Å². The smallest absolute Gasteiger partial charge is 0.0889 e. The highest BCUT2D eigenvalue weighted by atomic mass is 32.3. The highest BCUT2D eigenvalue weighted by molar-refractivity contribution is 8.21. The van der Waals surface area contributed by atoms with Gasteiger partial charge in [0.1, 0.15) is 0 Å². The molecule has 0 aliphatic rings. The molecule has 20 heavy (non-hydrogen) atoms. The number of unbranched alkanes of at least 4 members (excludes halogenated alkanes) is 4. The van der Waals surface area contributed by atoms with Crippen LogP contribution >= 0.6 is 10.9 Å². The highest BCUT2D eigenvalue weighted by Crippen LogP contribution is 2.53. The van der Waals surface area contributed by atoms with Crippen LogP contribution in [0.2, 0.25) is 0 Å². The van der Waals surface area contributed by atoms with Crippen LogP contribution in [0.1, 0.15) is 73.1 Å². The average Bonchev–Trinajstić information content (AvgIpc) is 2.39. The zero-order valence-electron chi connectivity index (χ0n) is 14.3. The lowest BCUT2D eigenvalue weighted by molar-refractivity contribution is 0.182. The molecule has 0 aliphatic heterocycles. The molecular weight excluding hydrogens is 272 g/mol. The van der Waals surface area contributed by atoms with Crippen molar-refractivity contribution in [3.63, 3.8) is 0 Å². The summed E-state index contributed by atoms with van der Waals surface area (Å²) in [5.74, 6) is 1.49. The lowest BCUT2D eigenvalue weighted by atomic mass is 10.0. The number of rotatable bonds is 14. The predicted molar refractivity (Wildman–Crippen MR) is 89.9 cm³/mol. The van der Waals surface area contributed by atoms with E-state index in [1.165, 1.54) is 38.5 Å². The molecule has 0 heterocycles. The molecule has 0 spiro atoms. The third kappa shape index (κ3) is 9.22. The molecule has 0 aliphatic carbocycles. The summed E-state index contributed by atoms with van der Waals surface area (Å²) in [6.07, 6.45) is 7.93. The Labute approximate surface area is 128 Å². The lowest BCUT2D eigenvalue weighted by Gasteiger charge is -2.38. The molecule has 0 aromatic carbocycles. The third-order valence-corrected chi connectivity index (χ3v) is 5.94. The minimum absolute atomic E-state index is 0.594. The Morgan fingerprint density at radius 1 is 0.750 bits per heavy atom. The summed E-state index contributed by atoms with van der Waals surface area (Å²) in [5, 5.41) is 0. The summed E-state index contributed by atoms with van der Waals surface area (Å²) in [6, 6.07) is 0. The van der Waals surface area contributed by atoms with E-state index in [9.17, 15) is 0 Å².